The minimum Gasteiger partial charge on any atom is -0.497 e. The highest BCUT2D eigenvalue weighted by molar-refractivity contribution is 5.40. The summed E-state index contributed by atoms with van der Waals surface area (Å²) in [6.45, 7) is 2.10. The number of benzene rings is 1. The SMILES string of the molecule is COc1cccc(-n2cnnc2C2CCNCC2)c1. The predicted octanol–water partition coefficient (Wildman–Crippen LogP) is 1.74. The van der Waals surface area contributed by atoms with Crippen LogP contribution in [0.1, 0.15) is 24.6 Å². The van der Waals surface area contributed by atoms with Crippen LogP contribution in [0.25, 0.3) is 5.69 Å². The van der Waals surface area contributed by atoms with E-state index in [1.807, 2.05) is 18.2 Å². The molecule has 0 aliphatic carbocycles. The molecule has 2 aromatic rings. The van der Waals surface area contributed by atoms with Crippen molar-refractivity contribution in [2.45, 2.75) is 18.8 Å². The van der Waals surface area contributed by atoms with Crippen LogP contribution in [0.2, 0.25) is 0 Å². The van der Waals surface area contributed by atoms with Gasteiger partial charge in [0.05, 0.1) is 12.8 Å². The lowest BCUT2D eigenvalue weighted by Crippen LogP contribution is -2.28. The molecule has 5 heteroatoms. The number of rotatable bonds is 3. The molecule has 0 unspecified atom stereocenters. The zero-order valence-corrected chi connectivity index (χ0v) is 11.0. The maximum Gasteiger partial charge on any atom is 0.140 e. The Labute approximate surface area is 112 Å². The highest BCUT2D eigenvalue weighted by atomic mass is 16.5. The summed E-state index contributed by atoms with van der Waals surface area (Å²) in [6, 6.07) is 7.99. The van der Waals surface area contributed by atoms with E-state index in [4.69, 9.17) is 4.74 Å². The molecule has 1 aliphatic rings. The van der Waals surface area contributed by atoms with Crippen molar-refractivity contribution in [3.05, 3.63) is 36.4 Å². The normalized spacial score (nSPS) is 16.5. The molecular weight excluding hydrogens is 240 g/mol. The fraction of sp³-hybridized carbons (Fsp3) is 0.429. The van der Waals surface area contributed by atoms with E-state index in [2.05, 4.69) is 26.1 Å². The molecule has 2 heterocycles. The molecule has 1 aromatic carbocycles. The zero-order valence-electron chi connectivity index (χ0n) is 11.0. The maximum absolute atomic E-state index is 5.27. The average Bonchev–Trinajstić information content (AvgIpc) is 2.98. The first kappa shape index (κ1) is 12.2. The molecular formula is C14H18N4O. The quantitative estimate of drug-likeness (QED) is 0.911. The van der Waals surface area contributed by atoms with Crippen LogP contribution in [-0.4, -0.2) is 35.0 Å². The summed E-state index contributed by atoms with van der Waals surface area (Å²) in [7, 11) is 1.68. The number of nitrogens with zero attached hydrogens (tertiary/aromatic N) is 3. The van der Waals surface area contributed by atoms with Crippen molar-refractivity contribution in [3.63, 3.8) is 0 Å². The topological polar surface area (TPSA) is 52.0 Å². The number of hydrogen-bond donors (Lipinski definition) is 1. The minimum absolute atomic E-state index is 0.481. The van der Waals surface area contributed by atoms with Crippen LogP contribution in [-0.2, 0) is 0 Å². The first-order chi connectivity index (χ1) is 9.38. The number of aromatic nitrogens is 3. The van der Waals surface area contributed by atoms with Gasteiger partial charge in [0.2, 0.25) is 0 Å². The molecule has 19 heavy (non-hydrogen) atoms. The molecule has 1 aliphatic heterocycles. The van der Waals surface area contributed by atoms with E-state index in [0.29, 0.717) is 5.92 Å². The van der Waals surface area contributed by atoms with Crippen LogP contribution >= 0.6 is 0 Å². The van der Waals surface area contributed by atoms with E-state index >= 15 is 0 Å². The van der Waals surface area contributed by atoms with Crippen molar-refractivity contribution in [2.24, 2.45) is 0 Å². The van der Waals surface area contributed by atoms with Crippen molar-refractivity contribution in [3.8, 4) is 11.4 Å². The molecule has 0 saturated carbocycles. The lowest BCUT2D eigenvalue weighted by molar-refractivity contribution is 0.414. The highest BCUT2D eigenvalue weighted by Gasteiger charge is 2.21. The summed E-state index contributed by atoms with van der Waals surface area (Å²) in [5, 5.41) is 11.8. The summed E-state index contributed by atoms with van der Waals surface area (Å²) in [5.41, 5.74) is 1.05. The Balaban J connectivity index is 1.94. The largest absolute Gasteiger partial charge is 0.497 e. The monoisotopic (exact) mass is 258 g/mol. The lowest BCUT2D eigenvalue weighted by atomic mass is 9.97. The van der Waals surface area contributed by atoms with Crippen LogP contribution in [0.3, 0.4) is 0 Å². The third-order valence-electron chi connectivity index (χ3n) is 3.61. The van der Waals surface area contributed by atoms with Gasteiger partial charge in [0.15, 0.2) is 0 Å². The Hall–Kier alpha value is -1.88. The summed E-state index contributed by atoms with van der Waals surface area (Å²) >= 11 is 0. The van der Waals surface area contributed by atoms with E-state index in [-0.39, 0.29) is 0 Å². The number of piperidine rings is 1. The van der Waals surface area contributed by atoms with Gasteiger partial charge in [0.1, 0.15) is 17.9 Å². The molecule has 1 saturated heterocycles. The lowest BCUT2D eigenvalue weighted by Gasteiger charge is -2.22. The van der Waals surface area contributed by atoms with Crippen LogP contribution in [0.4, 0.5) is 0 Å². The van der Waals surface area contributed by atoms with E-state index in [9.17, 15) is 0 Å². The average molecular weight is 258 g/mol. The van der Waals surface area contributed by atoms with Gasteiger partial charge >= 0.3 is 0 Å². The second-order valence-corrected chi connectivity index (χ2v) is 4.78. The molecule has 5 nitrogen and oxygen atoms in total. The first-order valence-electron chi connectivity index (χ1n) is 6.63. The Morgan fingerprint density at radius 1 is 1.32 bits per heavy atom. The number of hydrogen-bond acceptors (Lipinski definition) is 4. The van der Waals surface area contributed by atoms with Crippen molar-refractivity contribution < 1.29 is 4.74 Å². The molecule has 0 bridgehead atoms. The Morgan fingerprint density at radius 3 is 2.95 bits per heavy atom. The van der Waals surface area contributed by atoms with Crippen LogP contribution in [0.15, 0.2) is 30.6 Å². The predicted molar refractivity (Wildman–Crippen MR) is 72.8 cm³/mol. The summed E-state index contributed by atoms with van der Waals surface area (Å²) < 4.78 is 7.34. The van der Waals surface area contributed by atoms with Gasteiger partial charge in [-0.1, -0.05) is 6.07 Å². The van der Waals surface area contributed by atoms with Gasteiger partial charge in [0.25, 0.3) is 0 Å². The van der Waals surface area contributed by atoms with Crippen LogP contribution in [0.5, 0.6) is 5.75 Å². The highest BCUT2D eigenvalue weighted by Crippen LogP contribution is 2.26. The summed E-state index contributed by atoms with van der Waals surface area (Å²) in [4.78, 5) is 0. The molecule has 1 aromatic heterocycles. The van der Waals surface area contributed by atoms with Gasteiger partial charge in [-0.15, -0.1) is 10.2 Å². The van der Waals surface area contributed by atoms with Crippen LogP contribution in [0, 0.1) is 0 Å². The van der Waals surface area contributed by atoms with E-state index in [1.54, 1.807) is 13.4 Å². The Morgan fingerprint density at radius 2 is 2.16 bits per heavy atom. The van der Waals surface area contributed by atoms with E-state index in [0.717, 1.165) is 43.2 Å². The van der Waals surface area contributed by atoms with Crippen LogP contribution < -0.4 is 10.1 Å². The first-order valence-corrected chi connectivity index (χ1v) is 6.63. The van der Waals surface area contributed by atoms with Gasteiger partial charge in [0, 0.05) is 12.0 Å². The second kappa shape index (κ2) is 5.40. The van der Waals surface area contributed by atoms with Gasteiger partial charge in [-0.25, -0.2) is 0 Å². The Kier molecular flexibility index (Phi) is 3.46. The third-order valence-corrected chi connectivity index (χ3v) is 3.61. The number of nitrogens with one attached hydrogen (secondary N) is 1. The third kappa shape index (κ3) is 2.46. The molecule has 1 fully saturated rings. The van der Waals surface area contributed by atoms with E-state index in [1.165, 1.54) is 0 Å². The second-order valence-electron chi connectivity index (χ2n) is 4.78. The standard InChI is InChI=1S/C14H18N4O/c1-19-13-4-2-3-12(9-13)18-10-16-17-14(18)11-5-7-15-8-6-11/h2-4,9-11,15H,5-8H2,1H3. The molecule has 0 radical (unpaired) electrons. The van der Waals surface area contributed by atoms with Crippen molar-refractivity contribution in [1.29, 1.82) is 0 Å². The molecule has 1 N–H and O–H groups in total. The zero-order chi connectivity index (χ0) is 13.1. The fourth-order valence-corrected chi connectivity index (χ4v) is 2.56. The summed E-state index contributed by atoms with van der Waals surface area (Å²) in [5.74, 6) is 2.38. The maximum atomic E-state index is 5.27. The minimum atomic E-state index is 0.481. The van der Waals surface area contributed by atoms with Crippen molar-refractivity contribution in [2.75, 3.05) is 20.2 Å². The number of methoxy groups -OCH3 is 1. The van der Waals surface area contributed by atoms with Gasteiger partial charge < -0.3 is 10.1 Å². The van der Waals surface area contributed by atoms with Crippen molar-refractivity contribution in [1.82, 2.24) is 20.1 Å². The van der Waals surface area contributed by atoms with Gasteiger partial charge in [-0.2, -0.15) is 0 Å². The smallest absolute Gasteiger partial charge is 0.140 e. The summed E-state index contributed by atoms with van der Waals surface area (Å²) in [6.07, 6.45) is 4.01. The van der Waals surface area contributed by atoms with Gasteiger partial charge in [-0.3, -0.25) is 4.57 Å². The molecule has 3 rings (SSSR count). The molecule has 0 amide bonds. The number of ether oxygens (including phenoxy) is 1. The molecule has 100 valence electrons. The molecule has 0 spiro atoms. The van der Waals surface area contributed by atoms with Gasteiger partial charge in [-0.05, 0) is 38.1 Å². The molecule has 0 atom stereocenters. The van der Waals surface area contributed by atoms with E-state index < -0.39 is 0 Å². The van der Waals surface area contributed by atoms with Crippen molar-refractivity contribution >= 4 is 0 Å². The Bertz CT molecular complexity index is 546. The fourth-order valence-electron chi connectivity index (χ4n) is 2.56.